The molecule has 1 rings (SSSR count). The van der Waals surface area contributed by atoms with Crippen LogP contribution < -0.4 is 38.9 Å². The maximum absolute atomic E-state index is 13.4. The van der Waals surface area contributed by atoms with Crippen LogP contribution in [0.4, 0.5) is 0 Å². The molecule has 1 aromatic rings. The molecule has 1 aromatic carbocycles. The third-order valence-electron chi connectivity index (χ3n) is 6.03. The molecule has 12 N–H and O–H groups in total. The van der Waals surface area contributed by atoms with Crippen molar-refractivity contribution in [2.24, 2.45) is 27.9 Å². The van der Waals surface area contributed by atoms with Crippen LogP contribution >= 0.6 is 11.8 Å². The molecule has 0 aliphatic rings. The minimum atomic E-state index is -1.16. The Kier molecular flexibility index (Phi) is 17.0. The molecule has 0 radical (unpaired) electrons. The topological polar surface area (TPSA) is 241 Å². The van der Waals surface area contributed by atoms with Crippen LogP contribution in [0.3, 0.4) is 0 Å². The number of amides is 3. The van der Waals surface area contributed by atoms with Crippen LogP contribution in [0, 0.1) is 0 Å². The Hall–Kier alpha value is -3.36. The maximum atomic E-state index is 13.4. The first-order valence-electron chi connectivity index (χ1n) is 13.3. The molecule has 13 nitrogen and oxygen atoms in total. The van der Waals surface area contributed by atoms with E-state index in [-0.39, 0.29) is 25.2 Å². The van der Waals surface area contributed by atoms with Gasteiger partial charge >= 0.3 is 5.97 Å². The minimum Gasteiger partial charge on any atom is -0.480 e. The number of unbranched alkanes of at least 4 members (excludes halogenated alkanes) is 1. The predicted molar refractivity (Wildman–Crippen MR) is 157 cm³/mol. The number of carbonyl (C=O) groups is 4. The van der Waals surface area contributed by atoms with Gasteiger partial charge in [-0.2, -0.15) is 11.8 Å². The summed E-state index contributed by atoms with van der Waals surface area (Å²) in [7, 11) is 0. The summed E-state index contributed by atoms with van der Waals surface area (Å²) in [5, 5.41) is 17.5. The third kappa shape index (κ3) is 14.1. The largest absolute Gasteiger partial charge is 0.480 e. The Morgan fingerprint density at radius 1 is 0.875 bits per heavy atom. The average Bonchev–Trinajstić information content (AvgIpc) is 2.92. The highest BCUT2D eigenvalue weighted by atomic mass is 32.2. The zero-order valence-electron chi connectivity index (χ0n) is 23.0. The lowest BCUT2D eigenvalue weighted by atomic mass is 10.0. The number of carbonyl (C=O) groups excluding carboxylic acids is 3. The first-order valence-corrected chi connectivity index (χ1v) is 14.7. The average molecular weight is 581 g/mol. The number of nitrogens with zero attached hydrogens (tertiary/aromatic N) is 1. The van der Waals surface area contributed by atoms with E-state index in [9.17, 15) is 24.3 Å². The molecule has 4 unspecified atom stereocenters. The predicted octanol–water partition coefficient (Wildman–Crippen LogP) is -0.969. The van der Waals surface area contributed by atoms with Crippen molar-refractivity contribution in [3.05, 3.63) is 35.9 Å². The number of thioether (sulfide) groups is 1. The van der Waals surface area contributed by atoms with Gasteiger partial charge in [-0.1, -0.05) is 30.3 Å². The molecule has 0 aliphatic heterocycles. The summed E-state index contributed by atoms with van der Waals surface area (Å²) in [6.45, 7) is 0.730. The number of aliphatic imine (C=N–C) groups is 1. The number of hydrogen-bond acceptors (Lipinski definition) is 8. The first-order chi connectivity index (χ1) is 19.1. The molecule has 4 atom stereocenters. The fourth-order valence-corrected chi connectivity index (χ4v) is 4.26. The van der Waals surface area contributed by atoms with Crippen LogP contribution in [-0.4, -0.2) is 84.0 Å². The zero-order valence-corrected chi connectivity index (χ0v) is 23.8. The molecule has 14 heteroatoms. The van der Waals surface area contributed by atoms with E-state index in [1.54, 1.807) is 0 Å². The Labute approximate surface area is 239 Å². The lowest BCUT2D eigenvalue weighted by molar-refractivity contribution is -0.142. The lowest BCUT2D eigenvalue weighted by Gasteiger charge is -2.25. The fourth-order valence-electron chi connectivity index (χ4n) is 3.79. The molecule has 0 aliphatic carbocycles. The lowest BCUT2D eigenvalue weighted by Crippen LogP contribution is -2.57. The van der Waals surface area contributed by atoms with E-state index in [1.807, 2.05) is 36.6 Å². The number of carboxylic acid groups (broad SMARTS) is 1. The molecule has 0 saturated carbocycles. The second-order valence-electron chi connectivity index (χ2n) is 9.33. The van der Waals surface area contributed by atoms with Crippen molar-refractivity contribution in [3.63, 3.8) is 0 Å². The SMILES string of the molecule is CSCCC(NC(=O)C(Cc1ccccc1)NC(=O)C(N)CCCN=C(N)N)C(=O)NC(CCCCN)C(=O)O. The van der Waals surface area contributed by atoms with E-state index < -0.39 is 47.9 Å². The van der Waals surface area contributed by atoms with Gasteiger partial charge in [0, 0.05) is 13.0 Å². The van der Waals surface area contributed by atoms with Gasteiger partial charge in [0.2, 0.25) is 17.7 Å². The molecule has 40 heavy (non-hydrogen) atoms. The van der Waals surface area contributed by atoms with Gasteiger partial charge in [0.1, 0.15) is 18.1 Å². The van der Waals surface area contributed by atoms with E-state index in [2.05, 4.69) is 20.9 Å². The van der Waals surface area contributed by atoms with E-state index >= 15 is 0 Å². The van der Waals surface area contributed by atoms with Gasteiger partial charge in [0.05, 0.1) is 6.04 Å². The highest BCUT2D eigenvalue weighted by molar-refractivity contribution is 7.98. The Morgan fingerprint density at radius 3 is 2.10 bits per heavy atom. The summed E-state index contributed by atoms with van der Waals surface area (Å²) in [5.41, 5.74) is 22.9. The Balaban J connectivity index is 3.01. The number of benzene rings is 1. The van der Waals surface area contributed by atoms with Crippen molar-refractivity contribution in [2.45, 2.75) is 69.1 Å². The monoisotopic (exact) mass is 580 g/mol. The Bertz CT molecular complexity index is 962. The number of guanidine groups is 1. The number of nitrogens with two attached hydrogens (primary N) is 4. The van der Waals surface area contributed by atoms with Crippen molar-refractivity contribution < 1.29 is 24.3 Å². The highest BCUT2D eigenvalue weighted by Crippen LogP contribution is 2.08. The maximum Gasteiger partial charge on any atom is 0.326 e. The number of nitrogens with one attached hydrogen (secondary N) is 3. The second-order valence-corrected chi connectivity index (χ2v) is 10.3. The molecule has 3 amide bonds. The summed E-state index contributed by atoms with van der Waals surface area (Å²) < 4.78 is 0. The fraction of sp³-hybridized carbons (Fsp3) is 0.577. The van der Waals surface area contributed by atoms with Crippen molar-refractivity contribution in [1.82, 2.24) is 16.0 Å². The molecule has 0 aromatic heterocycles. The van der Waals surface area contributed by atoms with Gasteiger partial charge in [0.25, 0.3) is 0 Å². The van der Waals surface area contributed by atoms with Gasteiger partial charge in [-0.15, -0.1) is 0 Å². The molecule has 0 spiro atoms. The third-order valence-corrected chi connectivity index (χ3v) is 6.67. The molecular formula is C26H44N8O5S. The second kappa shape index (κ2) is 19.7. The number of hydrogen-bond donors (Lipinski definition) is 8. The van der Waals surface area contributed by atoms with Crippen LogP contribution in [0.1, 0.15) is 44.1 Å². The summed E-state index contributed by atoms with van der Waals surface area (Å²) in [5.74, 6) is -2.40. The molecule has 0 bridgehead atoms. The van der Waals surface area contributed by atoms with Crippen LogP contribution in [0.2, 0.25) is 0 Å². The van der Waals surface area contributed by atoms with Crippen molar-refractivity contribution >= 4 is 41.4 Å². The summed E-state index contributed by atoms with van der Waals surface area (Å²) in [6, 6.07) is 5.06. The minimum absolute atomic E-state index is 0.0529. The smallest absolute Gasteiger partial charge is 0.326 e. The normalized spacial score (nSPS) is 13.8. The first kappa shape index (κ1) is 34.7. The molecule has 0 saturated heterocycles. The standard InChI is InChI=1S/C26H44N8O5S/c1-40-15-12-19(23(36)33-20(25(38)39)11-5-6-13-27)32-24(37)21(16-17-8-3-2-4-9-17)34-22(35)18(28)10-7-14-31-26(29)30/h2-4,8-9,18-21H,5-7,10-16,27-28H2,1H3,(H,32,37)(H,33,36)(H,34,35)(H,38,39)(H4,29,30,31). The van der Waals surface area contributed by atoms with Gasteiger partial charge in [-0.05, 0) is 62.6 Å². The van der Waals surface area contributed by atoms with E-state index in [4.69, 9.17) is 22.9 Å². The van der Waals surface area contributed by atoms with Gasteiger partial charge < -0.3 is 44.0 Å². The number of rotatable bonds is 20. The molecule has 0 fully saturated rings. The van der Waals surface area contributed by atoms with Crippen molar-refractivity contribution in [3.8, 4) is 0 Å². The zero-order chi connectivity index (χ0) is 29.9. The molecular weight excluding hydrogens is 536 g/mol. The van der Waals surface area contributed by atoms with E-state index in [1.165, 1.54) is 11.8 Å². The van der Waals surface area contributed by atoms with Crippen LogP contribution in [0.25, 0.3) is 0 Å². The van der Waals surface area contributed by atoms with Gasteiger partial charge in [-0.25, -0.2) is 4.79 Å². The van der Waals surface area contributed by atoms with Gasteiger partial charge in [-0.3, -0.25) is 19.4 Å². The van der Waals surface area contributed by atoms with Crippen molar-refractivity contribution in [1.29, 1.82) is 0 Å². The highest BCUT2D eigenvalue weighted by Gasteiger charge is 2.30. The van der Waals surface area contributed by atoms with Crippen LogP contribution in [0.5, 0.6) is 0 Å². The van der Waals surface area contributed by atoms with E-state index in [0.29, 0.717) is 44.5 Å². The number of carboxylic acids is 1. The van der Waals surface area contributed by atoms with Crippen LogP contribution in [-0.2, 0) is 25.6 Å². The quantitative estimate of drug-likeness (QED) is 0.0533. The van der Waals surface area contributed by atoms with E-state index in [0.717, 1.165) is 5.56 Å². The summed E-state index contributed by atoms with van der Waals surface area (Å²) in [6.07, 6.45) is 4.43. The van der Waals surface area contributed by atoms with Crippen molar-refractivity contribution in [2.75, 3.05) is 25.1 Å². The van der Waals surface area contributed by atoms with Gasteiger partial charge in [0.15, 0.2) is 5.96 Å². The van der Waals surface area contributed by atoms with Crippen LogP contribution in [0.15, 0.2) is 35.3 Å². The summed E-state index contributed by atoms with van der Waals surface area (Å²) in [4.78, 5) is 54.9. The molecule has 224 valence electrons. The number of aliphatic carboxylic acids is 1. The summed E-state index contributed by atoms with van der Waals surface area (Å²) >= 11 is 1.48. The molecule has 0 heterocycles. The Morgan fingerprint density at radius 2 is 1.50 bits per heavy atom.